The lowest BCUT2D eigenvalue weighted by molar-refractivity contribution is -0.131. The molecule has 136 valence electrons. The van der Waals surface area contributed by atoms with Crippen molar-refractivity contribution in [3.05, 3.63) is 24.3 Å². The maximum absolute atomic E-state index is 13.1. The Morgan fingerprint density at radius 2 is 2.08 bits per heavy atom. The average Bonchev–Trinajstić information content (AvgIpc) is 3.08. The molecule has 0 radical (unpaired) electrons. The minimum atomic E-state index is -0.121. The van der Waals surface area contributed by atoms with Crippen LogP contribution in [0, 0.1) is 11.3 Å². The molecule has 3 aliphatic rings. The second-order valence-electron chi connectivity index (χ2n) is 8.07. The van der Waals surface area contributed by atoms with Gasteiger partial charge in [-0.15, -0.1) is 0 Å². The second-order valence-corrected chi connectivity index (χ2v) is 8.07. The smallest absolute Gasteiger partial charge is 0.244 e. The molecular formula is C20H28N2O3. The number of amides is 1. The van der Waals surface area contributed by atoms with E-state index in [0.29, 0.717) is 18.1 Å². The summed E-state index contributed by atoms with van der Waals surface area (Å²) in [6.07, 6.45) is 3.34. The molecule has 0 bridgehead atoms. The molecule has 5 nitrogen and oxygen atoms in total. The molecule has 1 amide bonds. The van der Waals surface area contributed by atoms with Crippen LogP contribution < -0.4 is 15.0 Å². The zero-order valence-electron chi connectivity index (χ0n) is 15.3. The summed E-state index contributed by atoms with van der Waals surface area (Å²) in [5.41, 5.74) is 0.963. The Hall–Kier alpha value is -1.59. The molecule has 0 spiro atoms. The molecule has 1 N–H and O–H groups in total. The van der Waals surface area contributed by atoms with Crippen molar-refractivity contribution < 1.29 is 14.3 Å². The molecule has 2 heterocycles. The fourth-order valence-electron chi connectivity index (χ4n) is 5.00. The van der Waals surface area contributed by atoms with Crippen molar-refractivity contribution in [2.45, 2.75) is 51.3 Å². The Balaban J connectivity index is 1.51. The SMILES string of the molecule is COc1ccccc1N1CCC[C@H](N[C@@H]2[C@@H]3CCO[C@@H]3C2(C)C)C1=O. The monoisotopic (exact) mass is 344 g/mol. The number of rotatable bonds is 4. The topological polar surface area (TPSA) is 50.8 Å². The van der Waals surface area contributed by atoms with E-state index in [1.54, 1.807) is 7.11 Å². The van der Waals surface area contributed by atoms with Gasteiger partial charge in [0.2, 0.25) is 5.91 Å². The van der Waals surface area contributed by atoms with E-state index in [-0.39, 0.29) is 17.4 Å². The number of carbonyl (C=O) groups is 1. The molecule has 0 aromatic heterocycles. The summed E-state index contributed by atoms with van der Waals surface area (Å²) in [7, 11) is 1.65. The molecule has 1 aromatic rings. The summed E-state index contributed by atoms with van der Waals surface area (Å²) < 4.78 is 11.3. The van der Waals surface area contributed by atoms with Crippen LogP contribution >= 0.6 is 0 Å². The third-order valence-corrected chi connectivity index (χ3v) is 6.30. The van der Waals surface area contributed by atoms with Gasteiger partial charge in [-0.1, -0.05) is 26.0 Å². The Bertz CT molecular complexity index is 660. The highest BCUT2D eigenvalue weighted by molar-refractivity contribution is 5.99. The number of hydrogen-bond donors (Lipinski definition) is 1. The number of nitrogens with one attached hydrogen (secondary N) is 1. The molecule has 1 aliphatic carbocycles. The molecule has 1 aromatic carbocycles. The lowest BCUT2D eigenvalue weighted by Crippen LogP contribution is -2.69. The predicted octanol–water partition coefficient (Wildman–Crippen LogP) is 2.59. The molecule has 5 heteroatoms. The van der Waals surface area contributed by atoms with E-state index in [2.05, 4.69) is 19.2 Å². The van der Waals surface area contributed by atoms with Crippen molar-refractivity contribution in [2.75, 3.05) is 25.2 Å². The van der Waals surface area contributed by atoms with E-state index in [4.69, 9.17) is 9.47 Å². The molecule has 4 rings (SSSR count). The van der Waals surface area contributed by atoms with Crippen LogP contribution in [0.1, 0.15) is 33.1 Å². The largest absolute Gasteiger partial charge is 0.495 e. The zero-order valence-corrected chi connectivity index (χ0v) is 15.3. The number of hydrogen-bond acceptors (Lipinski definition) is 4. The number of ether oxygens (including phenoxy) is 2. The van der Waals surface area contributed by atoms with Gasteiger partial charge in [0.15, 0.2) is 0 Å². The van der Waals surface area contributed by atoms with E-state index >= 15 is 0 Å². The summed E-state index contributed by atoms with van der Waals surface area (Å²) >= 11 is 0. The molecular weight excluding hydrogens is 316 g/mol. The summed E-state index contributed by atoms with van der Waals surface area (Å²) in [4.78, 5) is 15.0. The third-order valence-electron chi connectivity index (χ3n) is 6.30. The van der Waals surface area contributed by atoms with Gasteiger partial charge in [-0.25, -0.2) is 0 Å². The summed E-state index contributed by atoms with van der Waals surface area (Å²) in [6.45, 7) is 6.11. The number of benzene rings is 1. The Morgan fingerprint density at radius 3 is 2.88 bits per heavy atom. The van der Waals surface area contributed by atoms with E-state index in [1.807, 2.05) is 29.2 Å². The number of carbonyl (C=O) groups excluding carboxylic acids is 1. The molecule has 2 aliphatic heterocycles. The quantitative estimate of drug-likeness (QED) is 0.912. The van der Waals surface area contributed by atoms with Gasteiger partial charge >= 0.3 is 0 Å². The first kappa shape index (κ1) is 16.9. The average molecular weight is 344 g/mol. The molecule has 25 heavy (non-hydrogen) atoms. The fraction of sp³-hybridized carbons (Fsp3) is 0.650. The van der Waals surface area contributed by atoms with Gasteiger partial charge in [0, 0.05) is 30.5 Å². The van der Waals surface area contributed by atoms with Gasteiger partial charge in [0.25, 0.3) is 0 Å². The van der Waals surface area contributed by atoms with E-state index < -0.39 is 0 Å². The van der Waals surface area contributed by atoms with Crippen molar-refractivity contribution in [1.29, 1.82) is 0 Å². The zero-order chi connectivity index (χ0) is 17.6. The highest BCUT2D eigenvalue weighted by Crippen LogP contribution is 2.52. The number of para-hydroxylation sites is 2. The van der Waals surface area contributed by atoms with Crippen molar-refractivity contribution in [2.24, 2.45) is 11.3 Å². The number of piperidine rings is 1. The van der Waals surface area contributed by atoms with E-state index in [9.17, 15) is 4.79 Å². The van der Waals surface area contributed by atoms with Crippen LogP contribution in [0.3, 0.4) is 0 Å². The van der Waals surface area contributed by atoms with Gasteiger partial charge in [-0.05, 0) is 31.4 Å². The van der Waals surface area contributed by atoms with Crippen LogP contribution in [0.25, 0.3) is 0 Å². The minimum Gasteiger partial charge on any atom is -0.495 e. The first-order valence-corrected chi connectivity index (χ1v) is 9.36. The number of methoxy groups -OCH3 is 1. The third kappa shape index (κ3) is 2.64. The van der Waals surface area contributed by atoms with Crippen molar-refractivity contribution >= 4 is 11.6 Å². The number of nitrogens with zero attached hydrogens (tertiary/aromatic N) is 1. The molecule has 1 saturated carbocycles. The van der Waals surface area contributed by atoms with Crippen LogP contribution in [0.5, 0.6) is 5.75 Å². The number of fused-ring (bicyclic) bond motifs is 1. The maximum atomic E-state index is 13.1. The highest BCUT2D eigenvalue weighted by Gasteiger charge is 2.59. The molecule has 0 unspecified atom stereocenters. The van der Waals surface area contributed by atoms with Crippen LogP contribution in [-0.2, 0) is 9.53 Å². The van der Waals surface area contributed by atoms with Gasteiger partial charge in [0.1, 0.15) is 5.75 Å². The van der Waals surface area contributed by atoms with Gasteiger partial charge in [-0.3, -0.25) is 4.79 Å². The summed E-state index contributed by atoms with van der Waals surface area (Å²) in [6, 6.07) is 8.00. The standard InChI is InChI=1S/C20H28N2O3/c1-20(2)17(13-10-12-25-18(13)20)21-14-7-6-11-22(19(14)23)15-8-4-5-9-16(15)24-3/h4-5,8-9,13-14,17-18,21H,6-7,10-12H2,1-3H3/t13-,14-,17+,18-/m0/s1. The lowest BCUT2D eigenvalue weighted by atomic mass is 9.57. The van der Waals surface area contributed by atoms with Crippen LogP contribution in [0.15, 0.2) is 24.3 Å². The number of anilines is 1. The second kappa shape index (κ2) is 6.29. The van der Waals surface area contributed by atoms with Crippen LogP contribution in [0.2, 0.25) is 0 Å². The van der Waals surface area contributed by atoms with Crippen molar-refractivity contribution in [3.63, 3.8) is 0 Å². The Kier molecular flexibility index (Phi) is 4.24. The van der Waals surface area contributed by atoms with Crippen molar-refractivity contribution in [3.8, 4) is 5.75 Å². The van der Waals surface area contributed by atoms with Gasteiger partial charge in [0.05, 0.1) is 24.9 Å². The first-order valence-electron chi connectivity index (χ1n) is 9.36. The molecule has 4 atom stereocenters. The van der Waals surface area contributed by atoms with Gasteiger partial charge in [-0.2, -0.15) is 0 Å². The van der Waals surface area contributed by atoms with Gasteiger partial charge < -0.3 is 19.7 Å². The minimum absolute atomic E-state index is 0.0914. The normalized spacial score (nSPS) is 33.7. The summed E-state index contributed by atoms with van der Waals surface area (Å²) in [5, 5.41) is 3.69. The Morgan fingerprint density at radius 1 is 1.28 bits per heavy atom. The maximum Gasteiger partial charge on any atom is 0.244 e. The first-order chi connectivity index (χ1) is 12.0. The lowest BCUT2D eigenvalue weighted by Gasteiger charge is -2.56. The fourth-order valence-corrected chi connectivity index (χ4v) is 5.00. The van der Waals surface area contributed by atoms with Crippen LogP contribution in [0.4, 0.5) is 5.69 Å². The highest BCUT2D eigenvalue weighted by atomic mass is 16.5. The van der Waals surface area contributed by atoms with Crippen molar-refractivity contribution in [1.82, 2.24) is 5.32 Å². The molecule has 2 saturated heterocycles. The van der Waals surface area contributed by atoms with E-state index in [1.165, 1.54) is 0 Å². The van der Waals surface area contributed by atoms with E-state index in [0.717, 1.165) is 43.9 Å². The molecule has 3 fully saturated rings. The summed E-state index contributed by atoms with van der Waals surface area (Å²) in [5.74, 6) is 1.46. The predicted molar refractivity (Wildman–Crippen MR) is 96.9 cm³/mol. The Labute approximate surface area is 149 Å². The van der Waals surface area contributed by atoms with Crippen LogP contribution in [-0.4, -0.2) is 44.4 Å².